The number of nitrogens with one attached hydrogen (secondary N) is 2. The maximum atomic E-state index is 14.4. The lowest BCUT2D eigenvalue weighted by Crippen LogP contribution is -2.55. The Morgan fingerprint density at radius 2 is 1.75 bits per heavy atom. The molecule has 0 spiro atoms. The van der Waals surface area contributed by atoms with Gasteiger partial charge >= 0.3 is 6.03 Å². The van der Waals surface area contributed by atoms with Gasteiger partial charge in [-0.25, -0.2) is 18.2 Å². The molecular formula is C38H56N6O6S2. The van der Waals surface area contributed by atoms with E-state index in [0.29, 0.717) is 12.3 Å². The van der Waals surface area contributed by atoms with Crippen LogP contribution in [0.5, 0.6) is 5.75 Å². The lowest BCUT2D eigenvalue weighted by Gasteiger charge is -2.35. The lowest BCUT2D eigenvalue weighted by atomic mass is 9.86. The van der Waals surface area contributed by atoms with Crippen molar-refractivity contribution in [3.05, 3.63) is 76.2 Å². The molecule has 2 heterocycles. The molecule has 3 N–H and O–H groups in total. The van der Waals surface area contributed by atoms with Gasteiger partial charge in [0.05, 0.1) is 54.9 Å². The molecule has 4 rings (SSSR count). The summed E-state index contributed by atoms with van der Waals surface area (Å²) in [4.78, 5) is 36.4. The molecule has 1 aromatic heterocycles. The minimum Gasteiger partial charge on any atom is -0.497 e. The summed E-state index contributed by atoms with van der Waals surface area (Å²) in [5.41, 5.74) is 1.66. The molecule has 52 heavy (non-hydrogen) atoms. The van der Waals surface area contributed by atoms with E-state index in [-0.39, 0.29) is 54.7 Å². The molecule has 1 aliphatic rings. The van der Waals surface area contributed by atoms with Crippen molar-refractivity contribution in [1.29, 1.82) is 0 Å². The number of hydrogen-bond donors (Lipinski definition) is 3. The van der Waals surface area contributed by atoms with Gasteiger partial charge in [-0.05, 0) is 61.2 Å². The fraction of sp³-hybridized carbons (Fsp3) is 0.553. The first-order valence-electron chi connectivity index (χ1n) is 18.1. The number of carbonyl (C=O) groups is 2. The summed E-state index contributed by atoms with van der Waals surface area (Å²) in [6, 6.07) is 14.1. The number of rotatable bonds is 20. The van der Waals surface area contributed by atoms with Crippen molar-refractivity contribution < 1.29 is 27.9 Å². The third kappa shape index (κ3) is 10.8. The molecule has 1 fully saturated rings. The molecule has 4 atom stereocenters. The summed E-state index contributed by atoms with van der Waals surface area (Å²) in [6.07, 6.45) is -0.974. The Morgan fingerprint density at radius 1 is 1.08 bits per heavy atom. The zero-order valence-corrected chi connectivity index (χ0v) is 33.1. The van der Waals surface area contributed by atoms with Crippen LogP contribution < -0.4 is 15.4 Å². The van der Waals surface area contributed by atoms with Gasteiger partial charge in [-0.2, -0.15) is 4.31 Å². The largest absolute Gasteiger partial charge is 0.497 e. The van der Waals surface area contributed by atoms with E-state index in [1.54, 1.807) is 28.4 Å². The first-order chi connectivity index (χ1) is 24.8. The van der Waals surface area contributed by atoms with Crippen LogP contribution in [0.15, 0.2) is 64.9 Å². The van der Waals surface area contributed by atoms with Gasteiger partial charge in [0, 0.05) is 25.0 Å². The fourth-order valence-electron chi connectivity index (χ4n) is 6.63. The van der Waals surface area contributed by atoms with Crippen LogP contribution in [-0.2, 0) is 34.3 Å². The Bertz CT molecular complexity index is 1680. The van der Waals surface area contributed by atoms with Crippen molar-refractivity contribution in [2.75, 3.05) is 39.8 Å². The van der Waals surface area contributed by atoms with Crippen LogP contribution >= 0.6 is 11.3 Å². The van der Waals surface area contributed by atoms with E-state index in [2.05, 4.69) is 29.4 Å². The Hall–Kier alpha value is -3.56. The third-order valence-corrected chi connectivity index (χ3v) is 12.2. The number of aliphatic hydroxyl groups excluding tert-OH is 1. The van der Waals surface area contributed by atoms with Crippen LogP contribution in [0.2, 0.25) is 0 Å². The van der Waals surface area contributed by atoms with Crippen LogP contribution in [0.25, 0.3) is 0 Å². The highest BCUT2D eigenvalue weighted by Gasteiger charge is 2.43. The molecule has 1 unspecified atom stereocenters. The number of carbonyl (C=O) groups excluding carboxylic acids is 2. The maximum Gasteiger partial charge on any atom is 0.318 e. The first kappa shape index (κ1) is 41.2. The normalized spacial score (nSPS) is 16.8. The Morgan fingerprint density at radius 3 is 2.35 bits per heavy atom. The number of nitrogens with zero attached hydrogens (tertiary/aromatic N) is 4. The minimum atomic E-state index is -4.00. The summed E-state index contributed by atoms with van der Waals surface area (Å²) in [5, 5.41) is 20.8. The predicted molar refractivity (Wildman–Crippen MR) is 204 cm³/mol. The number of benzene rings is 2. The van der Waals surface area contributed by atoms with Gasteiger partial charge in [0.1, 0.15) is 10.8 Å². The average molecular weight is 757 g/mol. The van der Waals surface area contributed by atoms with Gasteiger partial charge in [0.25, 0.3) is 0 Å². The van der Waals surface area contributed by atoms with E-state index >= 15 is 0 Å². The molecule has 2 aromatic carbocycles. The molecule has 1 saturated heterocycles. The van der Waals surface area contributed by atoms with Crippen molar-refractivity contribution in [1.82, 2.24) is 29.7 Å². The molecule has 0 bridgehead atoms. The van der Waals surface area contributed by atoms with Gasteiger partial charge in [0.2, 0.25) is 15.9 Å². The second-order valence-electron chi connectivity index (χ2n) is 14.1. The Kier molecular flexibility index (Phi) is 15.0. The van der Waals surface area contributed by atoms with E-state index in [1.165, 1.54) is 23.5 Å². The van der Waals surface area contributed by atoms with Gasteiger partial charge in [0.15, 0.2) is 0 Å². The van der Waals surface area contributed by atoms with Crippen molar-refractivity contribution in [3.8, 4) is 5.75 Å². The van der Waals surface area contributed by atoms with Gasteiger partial charge < -0.3 is 25.4 Å². The highest BCUT2D eigenvalue weighted by molar-refractivity contribution is 7.89. The maximum absolute atomic E-state index is 14.4. The van der Waals surface area contributed by atoms with Crippen molar-refractivity contribution >= 4 is 33.3 Å². The summed E-state index contributed by atoms with van der Waals surface area (Å²) in [6.45, 7) is 15.0. The molecule has 3 aromatic rings. The van der Waals surface area contributed by atoms with Crippen LogP contribution in [0.3, 0.4) is 0 Å². The fourth-order valence-corrected chi connectivity index (χ4v) is 9.08. The smallest absolute Gasteiger partial charge is 0.318 e. The summed E-state index contributed by atoms with van der Waals surface area (Å²) in [5.74, 6) is -0.583. The van der Waals surface area contributed by atoms with Crippen molar-refractivity contribution in [2.45, 2.75) is 84.1 Å². The molecule has 0 radical (unpaired) electrons. The zero-order chi connectivity index (χ0) is 38.0. The quantitative estimate of drug-likeness (QED) is 0.152. The number of amides is 3. The average Bonchev–Trinajstić information content (AvgIpc) is 3.72. The zero-order valence-electron chi connectivity index (χ0n) is 31.5. The number of thiazole rings is 1. The van der Waals surface area contributed by atoms with E-state index < -0.39 is 34.1 Å². The van der Waals surface area contributed by atoms with E-state index in [9.17, 15) is 23.1 Å². The van der Waals surface area contributed by atoms with Gasteiger partial charge in [-0.1, -0.05) is 71.9 Å². The number of ether oxygens (including phenoxy) is 1. The van der Waals surface area contributed by atoms with E-state index in [0.717, 1.165) is 35.9 Å². The summed E-state index contributed by atoms with van der Waals surface area (Å²) in [7, 11) is -2.49. The van der Waals surface area contributed by atoms with Crippen LogP contribution in [-0.4, -0.2) is 103 Å². The van der Waals surface area contributed by atoms with Crippen molar-refractivity contribution in [3.63, 3.8) is 0 Å². The van der Waals surface area contributed by atoms with E-state index in [4.69, 9.17) is 9.72 Å². The highest BCUT2D eigenvalue weighted by atomic mass is 32.2. The van der Waals surface area contributed by atoms with Gasteiger partial charge in [-0.3, -0.25) is 9.69 Å². The van der Waals surface area contributed by atoms with E-state index in [1.807, 2.05) is 63.4 Å². The Balaban J connectivity index is 1.58. The lowest BCUT2D eigenvalue weighted by molar-refractivity contribution is -0.129. The molecule has 0 saturated carbocycles. The Labute approximate surface area is 313 Å². The van der Waals surface area contributed by atoms with Crippen LogP contribution in [0.4, 0.5) is 4.79 Å². The number of aromatic nitrogens is 1. The first-order valence-corrected chi connectivity index (χ1v) is 20.5. The molecule has 286 valence electrons. The summed E-state index contributed by atoms with van der Waals surface area (Å²) >= 11 is 1.57. The molecule has 12 nitrogen and oxygen atoms in total. The number of hydrogen-bond acceptors (Lipinski definition) is 9. The standard InChI is InChI=1S/C38H56N6O6S2/c1-8-42(9-2)24-35-40-29(25-51-35)22-44-33(20-39-38(44)47)36(27(5)6)37(46)41-32(19-28-13-11-10-12-14-28)34(45)23-43(21-26(3)4)52(48,49)31-17-15-30(50-7)16-18-31/h10-18,25-27,32-34,36,45H,8-9,19-24H2,1-7H3,(H,39,47)(H,41,46)/t32-,33?,34-,36-/m0/s1. The summed E-state index contributed by atoms with van der Waals surface area (Å²) < 4.78 is 34.3. The topological polar surface area (TPSA) is 144 Å². The number of urea groups is 1. The SMILES string of the molecule is CCN(CC)Cc1nc(CN2C(=O)NCC2[C@@H](C(=O)N[C@@H](Cc2ccccc2)[C@@H](O)CN(CC(C)C)S(=O)(=O)c2ccc(OC)cc2)C(C)C)cs1. The number of aliphatic hydroxyl groups is 1. The molecule has 0 aliphatic carbocycles. The number of methoxy groups -OCH3 is 1. The molecule has 14 heteroatoms. The monoisotopic (exact) mass is 756 g/mol. The highest BCUT2D eigenvalue weighted by Crippen LogP contribution is 2.27. The predicted octanol–water partition coefficient (Wildman–Crippen LogP) is 4.59. The third-order valence-electron chi connectivity index (χ3n) is 9.49. The van der Waals surface area contributed by atoms with Crippen LogP contribution in [0, 0.1) is 17.8 Å². The molecule has 1 aliphatic heterocycles. The van der Waals surface area contributed by atoms with Gasteiger partial charge in [-0.15, -0.1) is 11.3 Å². The second kappa shape index (κ2) is 19.0. The molecular weight excluding hydrogens is 701 g/mol. The van der Waals surface area contributed by atoms with Crippen LogP contribution in [0.1, 0.15) is 57.8 Å². The minimum absolute atomic E-state index is 0.0304. The number of sulfonamides is 1. The van der Waals surface area contributed by atoms with Crippen molar-refractivity contribution in [2.24, 2.45) is 17.8 Å². The second-order valence-corrected chi connectivity index (χ2v) is 17.0. The molecule has 3 amide bonds.